The van der Waals surface area contributed by atoms with Crippen molar-refractivity contribution in [2.24, 2.45) is 0 Å². The minimum atomic E-state index is -2.79. The molecular formula is C19H19ClFNO6P+. The number of carboxylic acid groups (broad SMARTS) is 1. The van der Waals surface area contributed by atoms with Gasteiger partial charge in [-0.25, -0.2) is 4.39 Å². The lowest BCUT2D eigenvalue weighted by molar-refractivity contribution is -0.137. The van der Waals surface area contributed by atoms with E-state index in [0.717, 1.165) is 5.56 Å². The van der Waals surface area contributed by atoms with Crippen LogP contribution in [0.3, 0.4) is 0 Å². The Kier molecular flexibility index (Phi) is 8.67. The van der Waals surface area contributed by atoms with Crippen LogP contribution < -0.4 is 5.32 Å². The maximum atomic E-state index is 14.0. The van der Waals surface area contributed by atoms with Crippen molar-refractivity contribution in [2.75, 3.05) is 6.61 Å². The van der Waals surface area contributed by atoms with Crippen LogP contribution in [0.15, 0.2) is 42.5 Å². The second-order valence-corrected chi connectivity index (χ2v) is 7.38. The summed E-state index contributed by atoms with van der Waals surface area (Å²) in [5, 5.41) is 12.1. The standard InChI is InChI=1S/C19H18ClFNO6P/c20-14-5-6-17(21)16(10-14)13-3-1-12(2-4-13)9-15(11-19(24)25)22-18(23)7-8-28-29(26)27/h1-6,10,15H,7-9,11H2,(H2-,22,23,24,25,26,27)/p+1/t15-/m1/s1. The summed E-state index contributed by atoms with van der Waals surface area (Å²) in [5.74, 6) is -1.99. The van der Waals surface area contributed by atoms with Crippen molar-refractivity contribution >= 4 is 31.7 Å². The third-order valence-corrected chi connectivity index (χ3v) is 4.63. The zero-order valence-electron chi connectivity index (χ0n) is 15.2. The van der Waals surface area contributed by atoms with Gasteiger partial charge in [-0.15, -0.1) is 9.42 Å². The van der Waals surface area contributed by atoms with Crippen LogP contribution in [0, 0.1) is 5.82 Å². The summed E-state index contributed by atoms with van der Waals surface area (Å²) in [6.07, 6.45) is -0.234. The number of carbonyl (C=O) groups is 2. The summed E-state index contributed by atoms with van der Waals surface area (Å²) in [5.41, 5.74) is 1.71. The quantitative estimate of drug-likeness (QED) is 0.483. The molecule has 0 aromatic heterocycles. The molecule has 7 nitrogen and oxygen atoms in total. The molecule has 1 unspecified atom stereocenters. The average Bonchev–Trinajstić information content (AvgIpc) is 2.63. The van der Waals surface area contributed by atoms with E-state index in [2.05, 4.69) is 9.84 Å². The van der Waals surface area contributed by atoms with E-state index in [1.165, 1.54) is 18.2 Å². The lowest BCUT2D eigenvalue weighted by Gasteiger charge is -2.17. The van der Waals surface area contributed by atoms with E-state index >= 15 is 0 Å². The molecule has 2 rings (SSSR count). The van der Waals surface area contributed by atoms with Crippen molar-refractivity contribution < 1.29 is 33.1 Å². The van der Waals surface area contributed by atoms with Gasteiger partial charge in [0.25, 0.3) is 0 Å². The molecule has 0 bridgehead atoms. The maximum Gasteiger partial charge on any atom is 0.694 e. The third-order valence-electron chi connectivity index (χ3n) is 3.99. The van der Waals surface area contributed by atoms with E-state index in [4.69, 9.17) is 21.6 Å². The first-order chi connectivity index (χ1) is 13.7. The highest BCUT2D eigenvalue weighted by molar-refractivity contribution is 7.32. The van der Waals surface area contributed by atoms with Crippen LogP contribution in [0.4, 0.5) is 4.39 Å². The summed E-state index contributed by atoms with van der Waals surface area (Å²) >= 11 is 5.92. The van der Waals surface area contributed by atoms with E-state index in [-0.39, 0.29) is 25.9 Å². The zero-order valence-corrected chi connectivity index (χ0v) is 16.8. The van der Waals surface area contributed by atoms with Crippen molar-refractivity contribution in [3.8, 4) is 11.1 Å². The van der Waals surface area contributed by atoms with E-state index in [1.807, 2.05) is 0 Å². The van der Waals surface area contributed by atoms with Gasteiger partial charge in [-0.2, -0.15) is 0 Å². The van der Waals surface area contributed by atoms with Crippen LogP contribution in [-0.2, 0) is 25.1 Å². The second-order valence-electron chi connectivity index (χ2n) is 6.21. The molecule has 0 radical (unpaired) electrons. The number of carbonyl (C=O) groups excluding carboxylic acids is 1. The molecule has 1 amide bonds. The second kappa shape index (κ2) is 11.0. The molecule has 0 spiro atoms. The molecular weight excluding hydrogens is 424 g/mol. The fraction of sp³-hybridized carbons (Fsp3) is 0.263. The number of carboxylic acids is 1. The number of nitrogens with one attached hydrogen (secondary N) is 1. The highest BCUT2D eigenvalue weighted by Gasteiger charge is 2.19. The lowest BCUT2D eigenvalue weighted by Crippen LogP contribution is -2.38. The predicted octanol–water partition coefficient (Wildman–Crippen LogP) is 3.70. The Morgan fingerprint density at radius 1 is 1.21 bits per heavy atom. The van der Waals surface area contributed by atoms with Crippen LogP contribution in [0.5, 0.6) is 0 Å². The van der Waals surface area contributed by atoms with Gasteiger partial charge >= 0.3 is 14.2 Å². The van der Waals surface area contributed by atoms with Gasteiger partial charge in [0.1, 0.15) is 12.4 Å². The van der Waals surface area contributed by atoms with Crippen LogP contribution in [0.2, 0.25) is 5.02 Å². The van der Waals surface area contributed by atoms with E-state index in [9.17, 15) is 18.5 Å². The lowest BCUT2D eigenvalue weighted by atomic mass is 9.99. The monoisotopic (exact) mass is 442 g/mol. The number of hydrogen-bond donors (Lipinski definition) is 3. The first kappa shape index (κ1) is 22.9. The fourth-order valence-corrected chi connectivity index (χ4v) is 3.14. The van der Waals surface area contributed by atoms with Crippen LogP contribution in [0.25, 0.3) is 11.1 Å². The summed E-state index contributed by atoms with van der Waals surface area (Å²) in [6.45, 7) is -0.253. The Morgan fingerprint density at radius 3 is 2.52 bits per heavy atom. The molecule has 3 N–H and O–H groups in total. The fourth-order valence-electron chi connectivity index (χ4n) is 2.72. The minimum absolute atomic E-state index is 0.176. The third kappa shape index (κ3) is 7.87. The highest BCUT2D eigenvalue weighted by Crippen LogP contribution is 2.26. The van der Waals surface area contributed by atoms with Gasteiger partial charge in [0.15, 0.2) is 0 Å². The van der Waals surface area contributed by atoms with Gasteiger partial charge < -0.3 is 10.4 Å². The number of halogens is 2. The SMILES string of the molecule is O=C(O)C[C@@H](Cc1ccc(-c2cc(Cl)ccc2F)cc1)NC(=O)CCO[P+](=O)O. The molecule has 10 heteroatoms. The largest absolute Gasteiger partial charge is 0.694 e. The van der Waals surface area contributed by atoms with Crippen LogP contribution in [-0.4, -0.2) is 34.5 Å². The van der Waals surface area contributed by atoms with E-state index in [1.54, 1.807) is 24.3 Å². The molecule has 2 aromatic carbocycles. The van der Waals surface area contributed by atoms with E-state index in [0.29, 0.717) is 16.1 Å². The molecule has 154 valence electrons. The number of aliphatic carboxylic acids is 1. The zero-order chi connectivity index (χ0) is 21.4. The molecule has 0 saturated carbocycles. The number of hydrogen-bond acceptors (Lipinski definition) is 4. The smallest absolute Gasteiger partial charge is 0.481 e. The van der Waals surface area contributed by atoms with Crippen molar-refractivity contribution in [3.63, 3.8) is 0 Å². The highest BCUT2D eigenvalue weighted by atomic mass is 35.5. The first-order valence-corrected chi connectivity index (χ1v) is 10.1. The Balaban J connectivity index is 2.04. The Labute approximate surface area is 172 Å². The molecule has 0 aliphatic carbocycles. The van der Waals surface area contributed by atoms with Gasteiger partial charge in [-0.05, 0) is 35.7 Å². The first-order valence-electron chi connectivity index (χ1n) is 8.59. The van der Waals surface area contributed by atoms with Gasteiger partial charge in [0.2, 0.25) is 5.91 Å². The molecule has 0 heterocycles. The van der Waals surface area contributed by atoms with Gasteiger partial charge in [-0.3, -0.25) is 9.59 Å². The van der Waals surface area contributed by atoms with Crippen molar-refractivity contribution in [2.45, 2.75) is 25.3 Å². The predicted molar refractivity (Wildman–Crippen MR) is 105 cm³/mol. The Morgan fingerprint density at radius 2 is 1.90 bits per heavy atom. The average molecular weight is 443 g/mol. The number of rotatable bonds is 10. The van der Waals surface area contributed by atoms with Crippen molar-refractivity contribution in [1.29, 1.82) is 0 Å². The topological polar surface area (TPSA) is 113 Å². The molecule has 0 fully saturated rings. The summed E-state index contributed by atoms with van der Waals surface area (Å²) in [6, 6.07) is 10.4. The minimum Gasteiger partial charge on any atom is -0.481 e. The van der Waals surface area contributed by atoms with Gasteiger partial charge in [-0.1, -0.05) is 35.9 Å². The molecule has 0 aliphatic heterocycles. The summed E-state index contributed by atoms with van der Waals surface area (Å²) in [7, 11) is -2.79. The molecule has 2 aromatic rings. The summed E-state index contributed by atoms with van der Waals surface area (Å²) < 4.78 is 28.8. The number of benzene rings is 2. The summed E-state index contributed by atoms with van der Waals surface area (Å²) in [4.78, 5) is 31.5. The maximum absolute atomic E-state index is 14.0. The Hall–Kier alpha value is -2.38. The van der Waals surface area contributed by atoms with E-state index < -0.39 is 32.0 Å². The van der Waals surface area contributed by atoms with Crippen molar-refractivity contribution in [1.82, 2.24) is 5.32 Å². The van der Waals surface area contributed by atoms with Crippen molar-refractivity contribution in [3.05, 3.63) is 58.9 Å². The molecule has 0 saturated heterocycles. The molecule has 0 aliphatic rings. The number of amides is 1. The Bertz CT molecular complexity index is 893. The molecule has 2 atom stereocenters. The van der Waals surface area contributed by atoms with Gasteiger partial charge in [0.05, 0.1) is 12.8 Å². The normalized spacial score (nSPS) is 12.3. The van der Waals surface area contributed by atoms with Crippen LogP contribution in [0.1, 0.15) is 18.4 Å². The van der Waals surface area contributed by atoms with Crippen LogP contribution >= 0.6 is 19.9 Å². The molecule has 29 heavy (non-hydrogen) atoms. The van der Waals surface area contributed by atoms with Gasteiger partial charge in [0, 0.05) is 21.2 Å².